The number of halogens is 3. The van der Waals surface area contributed by atoms with Crippen molar-refractivity contribution in [1.82, 2.24) is 0 Å². The van der Waals surface area contributed by atoms with Crippen LogP contribution < -0.4 is 5.73 Å². The van der Waals surface area contributed by atoms with Crippen molar-refractivity contribution < 1.29 is 18.7 Å². The molecule has 0 bridgehead atoms. The molecule has 0 fully saturated rings. The first-order valence-electron chi connectivity index (χ1n) is 3.77. The summed E-state index contributed by atoms with van der Waals surface area (Å²) in [5.74, 6) is -3.79. The fourth-order valence-electron chi connectivity index (χ4n) is 0.892. The Labute approximate surface area is 88.8 Å². The number of carbonyl (C=O) groups is 1. The Hall–Kier alpha value is -1.62. The molecule has 0 aliphatic heterocycles. The maximum atomic E-state index is 13.1. The van der Waals surface area contributed by atoms with E-state index in [-0.39, 0.29) is 10.6 Å². The van der Waals surface area contributed by atoms with Gasteiger partial charge in [0, 0.05) is 5.56 Å². The lowest BCUT2D eigenvalue weighted by atomic mass is 10.1. The normalized spacial score (nSPS) is 11.5. The summed E-state index contributed by atoms with van der Waals surface area (Å²) in [5, 5.41) is 8.33. The van der Waals surface area contributed by atoms with Crippen molar-refractivity contribution in [2.24, 2.45) is 5.73 Å². The molecule has 0 saturated heterocycles. The first-order valence-corrected chi connectivity index (χ1v) is 4.15. The van der Waals surface area contributed by atoms with Crippen LogP contribution in [0.1, 0.15) is 5.56 Å². The highest BCUT2D eigenvalue weighted by Gasteiger charge is 2.12. The standard InChI is InChI=1S/C9H6ClF2NO2/c10-5-1-2-6(11)8(12)4(5)3-7(13)9(14)15/h1-3H,13H2,(H,14,15)/b7-3+. The van der Waals surface area contributed by atoms with Crippen LogP contribution in [0.5, 0.6) is 0 Å². The molecule has 0 heterocycles. The molecule has 1 aromatic carbocycles. The second-order valence-electron chi connectivity index (χ2n) is 2.66. The summed E-state index contributed by atoms with van der Waals surface area (Å²) in [5.41, 5.74) is 4.05. The van der Waals surface area contributed by atoms with Crippen LogP contribution in [-0.4, -0.2) is 11.1 Å². The van der Waals surface area contributed by atoms with Crippen molar-refractivity contribution in [1.29, 1.82) is 0 Å². The smallest absolute Gasteiger partial charge is 0.351 e. The van der Waals surface area contributed by atoms with E-state index in [0.717, 1.165) is 18.2 Å². The molecule has 0 aromatic heterocycles. The van der Waals surface area contributed by atoms with Crippen LogP contribution in [0, 0.1) is 11.6 Å². The van der Waals surface area contributed by atoms with Gasteiger partial charge in [-0.05, 0) is 18.2 Å². The highest BCUT2D eigenvalue weighted by Crippen LogP contribution is 2.23. The topological polar surface area (TPSA) is 63.3 Å². The minimum Gasteiger partial charge on any atom is -0.477 e. The number of carboxylic acids is 1. The number of carboxylic acid groups (broad SMARTS) is 1. The van der Waals surface area contributed by atoms with Crippen LogP contribution in [0.3, 0.4) is 0 Å². The van der Waals surface area contributed by atoms with E-state index >= 15 is 0 Å². The summed E-state index contributed by atoms with van der Waals surface area (Å²) in [6.07, 6.45) is 0.767. The summed E-state index contributed by atoms with van der Waals surface area (Å²) in [6.45, 7) is 0. The summed E-state index contributed by atoms with van der Waals surface area (Å²) in [6, 6.07) is 1.95. The Morgan fingerprint density at radius 2 is 2.07 bits per heavy atom. The molecule has 1 aromatic rings. The van der Waals surface area contributed by atoms with Crippen molar-refractivity contribution >= 4 is 23.6 Å². The molecule has 80 valence electrons. The van der Waals surface area contributed by atoms with E-state index in [4.69, 9.17) is 22.4 Å². The molecule has 3 N–H and O–H groups in total. The zero-order chi connectivity index (χ0) is 11.6. The van der Waals surface area contributed by atoms with Crippen LogP contribution in [0.4, 0.5) is 8.78 Å². The molecule has 0 radical (unpaired) electrons. The van der Waals surface area contributed by atoms with E-state index in [1.165, 1.54) is 0 Å². The maximum Gasteiger partial charge on any atom is 0.351 e. The number of nitrogens with two attached hydrogens (primary N) is 1. The molecule has 0 atom stereocenters. The number of hydrogen-bond acceptors (Lipinski definition) is 2. The second kappa shape index (κ2) is 4.27. The summed E-state index contributed by atoms with van der Waals surface area (Å²) >= 11 is 5.55. The van der Waals surface area contributed by atoms with Gasteiger partial charge >= 0.3 is 5.97 Å². The third-order valence-electron chi connectivity index (χ3n) is 1.63. The molecule has 1 rings (SSSR count). The number of benzene rings is 1. The molecule has 15 heavy (non-hydrogen) atoms. The minimum absolute atomic E-state index is 0.113. The van der Waals surface area contributed by atoms with Crippen LogP contribution in [0.15, 0.2) is 17.8 Å². The number of aliphatic carboxylic acids is 1. The highest BCUT2D eigenvalue weighted by atomic mass is 35.5. The lowest BCUT2D eigenvalue weighted by Gasteiger charge is -2.02. The molecule has 6 heteroatoms. The first-order chi connectivity index (χ1) is 6.93. The van der Waals surface area contributed by atoms with Crippen molar-refractivity contribution in [3.05, 3.63) is 40.1 Å². The van der Waals surface area contributed by atoms with Crippen LogP contribution in [0.25, 0.3) is 6.08 Å². The quantitative estimate of drug-likeness (QED) is 0.607. The SMILES string of the molecule is N/C(=C/c1c(Cl)ccc(F)c1F)C(=O)O. The molecule has 0 unspecified atom stereocenters. The molecule has 0 saturated carbocycles. The highest BCUT2D eigenvalue weighted by molar-refractivity contribution is 6.32. The maximum absolute atomic E-state index is 13.1. The molecular weight excluding hydrogens is 228 g/mol. The average molecular weight is 234 g/mol. The zero-order valence-electron chi connectivity index (χ0n) is 7.30. The fourth-order valence-corrected chi connectivity index (χ4v) is 1.09. The third-order valence-corrected chi connectivity index (χ3v) is 1.96. The van der Waals surface area contributed by atoms with Gasteiger partial charge in [0.25, 0.3) is 0 Å². The van der Waals surface area contributed by atoms with Crippen LogP contribution >= 0.6 is 11.6 Å². The van der Waals surface area contributed by atoms with Gasteiger partial charge in [0.15, 0.2) is 11.6 Å². The van der Waals surface area contributed by atoms with Crippen molar-refractivity contribution in [2.45, 2.75) is 0 Å². The van der Waals surface area contributed by atoms with Crippen molar-refractivity contribution in [3.63, 3.8) is 0 Å². The minimum atomic E-state index is -1.44. The Bertz CT molecular complexity index is 446. The zero-order valence-corrected chi connectivity index (χ0v) is 8.05. The average Bonchev–Trinajstić information content (AvgIpc) is 2.18. The van der Waals surface area contributed by atoms with Gasteiger partial charge in [0.2, 0.25) is 0 Å². The van der Waals surface area contributed by atoms with Gasteiger partial charge in [0.1, 0.15) is 5.70 Å². The van der Waals surface area contributed by atoms with E-state index in [9.17, 15) is 13.6 Å². The lowest BCUT2D eigenvalue weighted by Crippen LogP contribution is -2.09. The van der Waals surface area contributed by atoms with Gasteiger partial charge < -0.3 is 10.8 Å². The van der Waals surface area contributed by atoms with E-state index < -0.39 is 23.3 Å². The molecular formula is C9H6ClF2NO2. The summed E-state index contributed by atoms with van der Waals surface area (Å²) in [4.78, 5) is 10.4. The van der Waals surface area contributed by atoms with Gasteiger partial charge in [0.05, 0.1) is 5.02 Å². The molecule has 0 amide bonds. The Morgan fingerprint density at radius 1 is 1.47 bits per heavy atom. The molecule has 0 aliphatic carbocycles. The molecule has 0 aliphatic rings. The van der Waals surface area contributed by atoms with Crippen molar-refractivity contribution in [2.75, 3.05) is 0 Å². The van der Waals surface area contributed by atoms with E-state index in [0.29, 0.717) is 0 Å². The van der Waals surface area contributed by atoms with Gasteiger partial charge in [-0.3, -0.25) is 0 Å². The lowest BCUT2D eigenvalue weighted by molar-refractivity contribution is -0.132. The number of rotatable bonds is 2. The van der Waals surface area contributed by atoms with E-state index in [1.54, 1.807) is 0 Å². The Kier molecular flexibility index (Phi) is 3.26. The first kappa shape index (κ1) is 11.5. The third kappa shape index (κ3) is 2.44. The molecule has 3 nitrogen and oxygen atoms in total. The monoisotopic (exact) mass is 233 g/mol. The fraction of sp³-hybridized carbons (Fsp3) is 0. The van der Waals surface area contributed by atoms with Crippen molar-refractivity contribution in [3.8, 4) is 0 Å². The van der Waals surface area contributed by atoms with E-state index in [1.807, 2.05) is 0 Å². The Balaban J connectivity index is 3.32. The van der Waals surface area contributed by atoms with Gasteiger partial charge in [-0.2, -0.15) is 0 Å². The number of hydrogen-bond donors (Lipinski definition) is 2. The van der Waals surface area contributed by atoms with Crippen LogP contribution in [-0.2, 0) is 4.79 Å². The Morgan fingerprint density at radius 3 is 2.60 bits per heavy atom. The predicted molar refractivity (Wildman–Crippen MR) is 51.2 cm³/mol. The van der Waals surface area contributed by atoms with Gasteiger partial charge in [-0.15, -0.1) is 0 Å². The van der Waals surface area contributed by atoms with E-state index in [2.05, 4.69) is 0 Å². The largest absolute Gasteiger partial charge is 0.477 e. The summed E-state index contributed by atoms with van der Waals surface area (Å²) < 4.78 is 25.9. The van der Waals surface area contributed by atoms with Gasteiger partial charge in [-0.1, -0.05) is 11.6 Å². The molecule has 0 spiro atoms. The van der Waals surface area contributed by atoms with Crippen LogP contribution in [0.2, 0.25) is 5.02 Å². The second-order valence-corrected chi connectivity index (χ2v) is 3.07. The summed E-state index contributed by atoms with van der Waals surface area (Å²) in [7, 11) is 0. The predicted octanol–water partition coefficient (Wildman–Crippen LogP) is 2.00. The van der Waals surface area contributed by atoms with Gasteiger partial charge in [-0.25, -0.2) is 13.6 Å².